The lowest BCUT2D eigenvalue weighted by Crippen LogP contribution is -2.20. The van der Waals surface area contributed by atoms with Crippen LogP contribution in [0.5, 0.6) is 0 Å². The van der Waals surface area contributed by atoms with E-state index < -0.39 is 11.9 Å². The van der Waals surface area contributed by atoms with E-state index in [1.165, 1.54) is 18.3 Å². The molecule has 21 heavy (non-hydrogen) atoms. The number of carbonyl (C=O) groups excluding carboxylic acids is 2. The van der Waals surface area contributed by atoms with E-state index in [9.17, 15) is 9.59 Å². The zero-order valence-corrected chi connectivity index (χ0v) is 11.1. The Hall–Kier alpha value is -2.90. The fourth-order valence-electron chi connectivity index (χ4n) is 1.96. The fraction of sp³-hybridized carbons (Fsp3) is 0.231. The largest absolute Gasteiger partial charge is 0.366 e. The van der Waals surface area contributed by atoms with Gasteiger partial charge in [-0.2, -0.15) is 5.10 Å². The van der Waals surface area contributed by atoms with Crippen LogP contribution < -0.4 is 16.4 Å². The lowest BCUT2D eigenvalue weighted by atomic mass is 10.2. The molecule has 1 aliphatic carbocycles. The number of urea groups is 1. The number of rotatable bonds is 4. The van der Waals surface area contributed by atoms with Crippen molar-refractivity contribution in [3.63, 3.8) is 0 Å². The molecule has 0 spiro atoms. The molecule has 0 aromatic carbocycles. The van der Waals surface area contributed by atoms with E-state index in [2.05, 4.69) is 25.8 Å². The second-order valence-corrected chi connectivity index (χ2v) is 4.85. The van der Waals surface area contributed by atoms with Crippen LogP contribution in [0.25, 0.3) is 0 Å². The number of hydrogen-bond donors (Lipinski definition) is 4. The number of anilines is 2. The van der Waals surface area contributed by atoms with Gasteiger partial charge in [-0.15, -0.1) is 0 Å². The average Bonchev–Trinajstić information content (AvgIpc) is 3.20. The summed E-state index contributed by atoms with van der Waals surface area (Å²) in [6.07, 6.45) is 5.10. The van der Waals surface area contributed by atoms with Crippen LogP contribution in [0.1, 0.15) is 34.8 Å². The third kappa shape index (κ3) is 2.99. The summed E-state index contributed by atoms with van der Waals surface area (Å²) in [5, 5.41) is 12.1. The molecule has 1 aliphatic rings. The second-order valence-electron chi connectivity index (χ2n) is 4.85. The molecule has 5 N–H and O–H groups in total. The van der Waals surface area contributed by atoms with Gasteiger partial charge in [0.15, 0.2) is 0 Å². The summed E-state index contributed by atoms with van der Waals surface area (Å²) in [6, 6.07) is 2.59. The van der Waals surface area contributed by atoms with Crippen molar-refractivity contribution in [1.82, 2.24) is 15.2 Å². The van der Waals surface area contributed by atoms with Crippen LogP contribution in [0.4, 0.5) is 16.3 Å². The topological polar surface area (TPSA) is 126 Å². The first-order valence-corrected chi connectivity index (χ1v) is 6.50. The van der Waals surface area contributed by atoms with Crippen molar-refractivity contribution in [2.45, 2.75) is 18.8 Å². The molecule has 0 aliphatic heterocycles. The molecule has 0 bridgehead atoms. The molecule has 1 fully saturated rings. The molecule has 0 radical (unpaired) electrons. The van der Waals surface area contributed by atoms with Crippen molar-refractivity contribution in [3.8, 4) is 0 Å². The van der Waals surface area contributed by atoms with Crippen molar-refractivity contribution < 1.29 is 9.59 Å². The lowest BCUT2D eigenvalue weighted by molar-refractivity contribution is 0.1000. The van der Waals surface area contributed by atoms with Crippen LogP contribution in [0.3, 0.4) is 0 Å². The molecule has 3 amide bonds. The predicted octanol–water partition coefficient (Wildman–Crippen LogP) is 1.43. The number of H-pyrrole nitrogens is 1. The Morgan fingerprint density at radius 3 is 2.67 bits per heavy atom. The summed E-state index contributed by atoms with van der Waals surface area (Å²) in [5.41, 5.74) is 7.02. The number of aromatic nitrogens is 3. The fourth-order valence-corrected chi connectivity index (χ4v) is 1.96. The number of pyridine rings is 1. The molecule has 8 nitrogen and oxygen atoms in total. The van der Waals surface area contributed by atoms with Gasteiger partial charge in [0, 0.05) is 12.1 Å². The van der Waals surface area contributed by atoms with Crippen LogP contribution in [-0.4, -0.2) is 27.1 Å². The Labute approximate surface area is 120 Å². The van der Waals surface area contributed by atoms with Crippen molar-refractivity contribution in [2.24, 2.45) is 5.73 Å². The number of primary amides is 1. The number of hydrogen-bond acceptors (Lipinski definition) is 4. The quantitative estimate of drug-likeness (QED) is 0.678. The van der Waals surface area contributed by atoms with Crippen LogP contribution in [-0.2, 0) is 0 Å². The SMILES string of the molecule is NC(=O)c1ccc(NC(=O)Nc2cn[nH]c2C2CC2)nc1. The lowest BCUT2D eigenvalue weighted by Gasteiger charge is -2.07. The van der Waals surface area contributed by atoms with Gasteiger partial charge in [-0.05, 0) is 25.0 Å². The maximum atomic E-state index is 11.9. The Balaban J connectivity index is 1.63. The van der Waals surface area contributed by atoms with Crippen molar-refractivity contribution in [3.05, 3.63) is 35.8 Å². The minimum absolute atomic E-state index is 0.284. The maximum absolute atomic E-state index is 11.9. The van der Waals surface area contributed by atoms with Gasteiger partial charge < -0.3 is 11.1 Å². The molecule has 108 valence electrons. The highest BCUT2D eigenvalue weighted by atomic mass is 16.2. The van der Waals surface area contributed by atoms with E-state index in [1.54, 1.807) is 6.20 Å². The molecular weight excluding hydrogens is 272 g/mol. The van der Waals surface area contributed by atoms with Gasteiger partial charge in [-0.1, -0.05) is 0 Å². The van der Waals surface area contributed by atoms with Gasteiger partial charge in [0.25, 0.3) is 0 Å². The minimum atomic E-state index is -0.564. The highest BCUT2D eigenvalue weighted by Gasteiger charge is 2.28. The number of nitrogens with zero attached hydrogens (tertiary/aromatic N) is 2. The molecule has 3 rings (SSSR count). The Morgan fingerprint density at radius 2 is 2.05 bits per heavy atom. The zero-order valence-electron chi connectivity index (χ0n) is 11.1. The predicted molar refractivity (Wildman–Crippen MR) is 76.0 cm³/mol. The normalized spacial score (nSPS) is 13.7. The van der Waals surface area contributed by atoms with E-state index >= 15 is 0 Å². The maximum Gasteiger partial charge on any atom is 0.324 e. The van der Waals surface area contributed by atoms with Gasteiger partial charge >= 0.3 is 6.03 Å². The van der Waals surface area contributed by atoms with Crippen molar-refractivity contribution >= 4 is 23.4 Å². The van der Waals surface area contributed by atoms with Crippen LogP contribution in [0.15, 0.2) is 24.5 Å². The number of carbonyl (C=O) groups is 2. The van der Waals surface area contributed by atoms with Crippen LogP contribution >= 0.6 is 0 Å². The Bertz CT molecular complexity index is 674. The molecule has 8 heteroatoms. The Morgan fingerprint density at radius 1 is 1.24 bits per heavy atom. The molecule has 0 saturated heterocycles. The molecule has 2 aromatic heterocycles. The molecule has 0 atom stereocenters. The standard InChI is InChI=1S/C13H14N6O2/c14-12(20)8-3-4-10(15-5-8)18-13(21)17-9-6-16-19-11(9)7-1-2-7/h3-7H,1-2H2,(H2,14,20)(H,16,19)(H2,15,17,18,21). The van der Waals surface area contributed by atoms with E-state index in [0.717, 1.165) is 18.5 Å². The highest BCUT2D eigenvalue weighted by Crippen LogP contribution is 2.42. The van der Waals surface area contributed by atoms with Gasteiger partial charge in [-0.25, -0.2) is 9.78 Å². The zero-order chi connectivity index (χ0) is 14.8. The summed E-state index contributed by atoms with van der Waals surface area (Å²) < 4.78 is 0. The molecule has 1 saturated carbocycles. The van der Waals surface area contributed by atoms with E-state index in [1.807, 2.05) is 0 Å². The summed E-state index contributed by atoms with van der Waals surface area (Å²) in [5.74, 6) is 0.218. The highest BCUT2D eigenvalue weighted by molar-refractivity contribution is 5.99. The van der Waals surface area contributed by atoms with Crippen molar-refractivity contribution in [1.29, 1.82) is 0 Å². The van der Waals surface area contributed by atoms with Gasteiger partial charge in [0.05, 0.1) is 23.1 Å². The average molecular weight is 286 g/mol. The first kappa shape index (κ1) is 13.1. The van der Waals surface area contributed by atoms with Crippen LogP contribution in [0, 0.1) is 0 Å². The number of amides is 3. The number of nitrogens with one attached hydrogen (secondary N) is 3. The van der Waals surface area contributed by atoms with E-state index in [4.69, 9.17) is 5.73 Å². The Kier molecular flexibility index (Phi) is 3.27. The van der Waals surface area contributed by atoms with Gasteiger partial charge in [0.2, 0.25) is 5.91 Å². The third-order valence-electron chi connectivity index (χ3n) is 3.19. The third-order valence-corrected chi connectivity index (χ3v) is 3.19. The summed E-state index contributed by atoms with van der Waals surface area (Å²) >= 11 is 0. The first-order valence-electron chi connectivity index (χ1n) is 6.50. The number of aromatic amines is 1. The first-order chi connectivity index (χ1) is 10.1. The monoisotopic (exact) mass is 286 g/mol. The molecular formula is C13H14N6O2. The van der Waals surface area contributed by atoms with Gasteiger partial charge in [0.1, 0.15) is 5.82 Å². The number of nitrogens with two attached hydrogens (primary N) is 1. The van der Waals surface area contributed by atoms with Crippen molar-refractivity contribution in [2.75, 3.05) is 10.6 Å². The van der Waals surface area contributed by atoms with Crippen LogP contribution in [0.2, 0.25) is 0 Å². The summed E-state index contributed by atoms with van der Waals surface area (Å²) in [4.78, 5) is 26.8. The minimum Gasteiger partial charge on any atom is -0.366 e. The molecule has 2 aromatic rings. The summed E-state index contributed by atoms with van der Waals surface area (Å²) in [6.45, 7) is 0. The van der Waals surface area contributed by atoms with E-state index in [0.29, 0.717) is 17.4 Å². The second kappa shape index (κ2) is 5.23. The molecule has 0 unspecified atom stereocenters. The van der Waals surface area contributed by atoms with Gasteiger partial charge in [-0.3, -0.25) is 15.2 Å². The van der Waals surface area contributed by atoms with E-state index in [-0.39, 0.29) is 5.56 Å². The molecule has 2 heterocycles. The smallest absolute Gasteiger partial charge is 0.324 e. The summed E-state index contributed by atoms with van der Waals surface area (Å²) in [7, 11) is 0.